The van der Waals surface area contributed by atoms with E-state index in [9.17, 15) is 12.3 Å². The minimum absolute atomic E-state index is 0.538. The molecule has 0 heterocycles. The zero-order valence-electron chi connectivity index (χ0n) is 7.15. The molecule has 5 heteroatoms. The summed E-state index contributed by atoms with van der Waals surface area (Å²) in [5.41, 5.74) is 1.72. The van der Waals surface area contributed by atoms with Gasteiger partial charge in [0.25, 0.3) is 0 Å². The molecule has 0 aliphatic heterocycles. The van der Waals surface area contributed by atoms with Crippen LogP contribution in [0.1, 0.15) is 11.1 Å². The highest BCUT2D eigenvalue weighted by atomic mass is 79.9. The van der Waals surface area contributed by atoms with E-state index in [0.717, 1.165) is 10.9 Å². The lowest BCUT2D eigenvalue weighted by Crippen LogP contribution is -1.82. The Bertz CT molecular complexity index is 423. The van der Waals surface area contributed by atoms with Crippen molar-refractivity contribution in [1.29, 1.82) is 0 Å². The molecular formula is C9H8BrFO2S. The van der Waals surface area contributed by atoms with Gasteiger partial charge in [-0.25, -0.2) is 0 Å². The molecule has 0 spiro atoms. The van der Waals surface area contributed by atoms with E-state index < -0.39 is 10.2 Å². The molecule has 0 atom stereocenters. The van der Waals surface area contributed by atoms with Crippen molar-refractivity contribution in [2.75, 3.05) is 0 Å². The minimum atomic E-state index is -4.53. The first-order chi connectivity index (χ1) is 6.51. The summed E-state index contributed by atoms with van der Waals surface area (Å²) < 4.78 is 32.4. The van der Waals surface area contributed by atoms with Crippen molar-refractivity contribution >= 4 is 32.2 Å². The molecule has 0 amide bonds. The van der Waals surface area contributed by atoms with Crippen molar-refractivity contribution in [2.45, 2.75) is 5.33 Å². The van der Waals surface area contributed by atoms with Crippen LogP contribution >= 0.6 is 15.9 Å². The van der Waals surface area contributed by atoms with E-state index in [1.165, 1.54) is 6.08 Å². The standard InChI is InChI=1S/C9H8BrFO2S/c10-7-9-3-1-8(2-4-9)5-6-14(11,12)13/h1-6H,7H2/b6-5+. The fraction of sp³-hybridized carbons (Fsp3) is 0.111. The molecule has 0 aliphatic rings. The predicted molar refractivity (Wildman–Crippen MR) is 58.1 cm³/mol. The third-order valence-electron chi connectivity index (χ3n) is 1.56. The van der Waals surface area contributed by atoms with Crippen molar-refractivity contribution in [1.82, 2.24) is 0 Å². The zero-order valence-corrected chi connectivity index (χ0v) is 9.55. The number of halogens is 2. The van der Waals surface area contributed by atoms with Gasteiger partial charge in [-0.1, -0.05) is 40.2 Å². The van der Waals surface area contributed by atoms with Gasteiger partial charge in [0.05, 0.1) is 5.41 Å². The van der Waals surface area contributed by atoms with Gasteiger partial charge >= 0.3 is 10.2 Å². The highest BCUT2D eigenvalue weighted by Crippen LogP contribution is 2.10. The Kier molecular flexibility index (Phi) is 3.83. The summed E-state index contributed by atoms with van der Waals surface area (Å²) in [5.74, 6) is 0. The number of hydrogen-bond donors (Lipinski definition) is 0. The molecule has 14 heavy (non-hydrogen) atoms. The Hall–Kier alpha value is -0.680. The van der Waals surface area contributed by atoms with Gasteiger partial charge in [0.2, 0.25) is 0 Å². The summed E-state index contributed by atoms with van der Waals surface area (Å²) in [5, 5.41) is 1.27. The molecule has 0 aromatic heterocycles. The Morgan fingerprint density at radius 2 is 1.86 bits per heavy atom. The highest BCUT2D eigenvalue weighted by molar-refractivity contribution is 9.08. The average Bonchev–Trinajstić information content (AvgIpc) is 2.14. The Morgan fingerprint density at radius 3 is 2.29 bits per heavy atom. The fourth-order valence-electron chi connectivity index (χ4n) is 0.878. The van der Waals surface area contributed by atoms with E-state index in [1.807, 2.05) is 12.1 Å². The van der Waals surface area contributed by atoms with Gasteiger partial charge in [0.15, 0.2) is 0 Å². The molecule has 0 radical (unpaired) electrons. The second-order valence-corrected chi connectivity index (χ2v) is 4.44. The van der Waals surface area contributed by atoms with E-state index in [4.69, 9.17) is 0 Å². The fourth-order valence-corrected chi connectivity index (χ4v) is 1.57. The molecule has 0 unspecified atom stereocenters. The molecule has 0 N–H and O–H groups in total. The molecule has 2 nitrogen and oxygen atoms in total. The lowest BCUT2D eigenvalue weighted by Gasteiger charge is -1.95. The second-order valence-electron chi connectivity index (χ2n) is 2.65. The van der Waals surface area contributed by atoms with E-state index in [1.54, 1.807) is 12.1 Å². The van der Waals surface area contributed by atoms with E-state index in [0.29, 0.717) is 11.0 Å². The first-order valence-corrected chi connectivity index (χ1v) is 6.36. The number of benzene rings is 1. The lowest BCUT2D eigenvalue weighted by atomic mass is 10.1. The Balaban J connectivity index is 2.84. The monoisotopic (exact) mass is 278 g/mol. The van der Waals surface area contributed by atoms with Crippen molar-refractivity contribution in [2.24, 2.45) is 0 Å². The third-order valence-corrected chi connectivity index (χ3v) is 2.67. The van der Waals surface area contributed by atoms with Gasteiger partial charge in [-0.2, -0.15) is 8.42 Å². The van der Waals surface area contributed by atoms with Gasteiger partial charge in [-0.05, 0) is 17.2 Å². The van der Waals surface area contributed by atoms with Crippen LogP contribution in [0.3, 0.4) is 0 Å². The maximum atomic E-state index is 12.1. The Labute approximate surface area is 90.8 Å². The molecule has 1 rings (SSSR count). The quantitative estimate of drug-likeness (QED) is 0.629. The van der Waals surface area contributed by atoms with Crippen LogP contribution in [0.25, 0.3) is 6.08 Å². The van der Waals surface area contributed by atoms with Crippen LogP contribution in [0.4, 0.5) is 3.89 Å². The molecule has 0 aliphatic carbocycles. The highest BCUT2D eigenvalue weighted by Gasteiger charge is 1.98. The summed E-state index contributed by atoms with van der Waals surface area (Å²) in [7, 11) is -4.53. The van der Waals surface area contributed by atoms with Crippen LogP contribution in [-0.2, 0) is 15.6 Å². The molecule has 0 saturated heterocycles. The largest absolute Gasteiger partial charge is 0.325 e. The third kappa shape index (κ3) is 4.02. The molecule has 0 bridgehead atoms. The Morgan fingerprint density at radius 1 is 1.29 bits per heavy atom. The number of rotatable bonds is 3. The molecular weight excluding hydrogens is 271 g/mol. The van der Waals surface area contributed by atoms with Gasteiger partial charge in [0.1, 0.15) is 0 Å². The topological polar surface area (TPSA) is 34.1 Å². The predicted octanol–water partition coefficient (Wildman–Crippen LogP) is 2.85. The lowest BCUT2D eigenvalue weighted by molar-refractivity contribution is 0.563. The van der Waals surface area contributed by atoms with E-state index in [-0.39, 0.29) is 0 Å². The van der Waals surface area contributed by atoms with Crippen LogP contribution in [0.5, 0.6) is 0 Å². The van der Waals surface area contributed by atoms with Crippen LogP contribution in [0.2, 0.25) is 0 Å². The normalized spacial score (nSPS) is 12.1. The maximum absolute atomic E-state index is 12.1. The van der Waals surface area contributed by atoms with Crippen LogP contribution in [-0.4, -0.2) is 8.42 Å². The first kappa shape index (κ1) is 11.4. The van der Waals surface area contributed by atoms with E-state index in [2.05, 4.69) is 15.9 Å². The second kappa shape index (κ2) is 4.70. The number of alkyl halides is 1. The summed E-state index contributed by atoms with van der Waals surface area (Å²) in [6.45, 7) is 0. The molecule has 1 aromatic rings. The maximum Gasteiger partial charge on any atom is 0.325 e. The SMILES string of the molecule is O=S(=O)(F)/C=C/c1ccc(CBr)cc1. The first-order valence-electron chi connectivity index (χ1n) is 3.79. The van der Waals surface area contributed by atoms with Crippen molar-refractivity contribution < 1.29 is 12.3 Å². The van der Waals surface area contributed by atoms with E-state index >= 15 is 0 Å². The smallest absolute Gasteiger partial charge is 0.190 e. The zero-order chi connectivity index (χ0) is 10.6. The van der Waals surface area contributed by atoms with Crippen LogP contribution < -0.4 is 0 Å². The minimum Gasteiger partial charge on any atom is -0.190 e. The van der Waals surface area contributed by atoms with Crippen molar-refractivity contribution in [3.8, 4) is 0 Å². The summed E-state index contributed by atoms with van der Waals surface area (Å²) >= 11 is 3.28. The van der Waals surface area contributed by atoms with Gasteiger partial charge < -0.3 is 0 Å². The van der Waals surface area contributed by atoms with Crippen molar-refractivity contribution in [3.05, 3.63) is 40.8 Å². The number of hydrogen-bond acceptors (Lipinski definition) is 2. The molecule has 0 saturated carbocycles. The van der Waals surface area contributed by atoms with Gasteiger partial charge in [0, 0.05) is 5.33 Å². The summed E-state index contributed by atoms with van der Waals surface area (Å²) in [4.78, 5) is 0. The summed E-state index contributed by atoms with van der Waals surface area (Å²) in [6, 6.07) is 7.11. The molecule has 76 valence electrons. The average molecular weight is 279 g/mol. The van der Waals surface area contributed by atoms with Crippen LogP contribution in [0, 0.1) is 0 Å². The van der Waals surface area contributed by atoms with Crippen molar-refractivity contribution in [3.63, 3.8) is 0 Å². The van der Waals surface area contributed by atoms with Gasteiger partial charge in [-0.3, -0.25) is 0 Å². The van der Waals surface area contributed by atoms with Gasteiger partial charge in [-0.15, -0.1) is 3.89 Å². The molecule has 1 aromatic carbocycles. The van der Waals surface area contributed by atoms with Crippen LogP contribution in [0.15, 0.2) is 29.7 Å². The molecule has 0 fully saturated rings. The summed E-state index contributed by atoms with van der Waals surface area (Å²) in [6.07, 6.45) is 1.22.